The van der Waals surface area contributed by atoms with Crippen LogP contribution in [0, 0.1) is 0 Å². The monoisotopic (exact) mass is 639 g/mol. The van der Waals surface area contributed by atoms with Crippen molar-refractivity contribution >= 4 is 33.5 Å². The fourth-order valence-corrected chi connectivity index (χ4v) is 7.49. The Balaban J connectivity index is 0.987. The predicted molar refractivity (Wildman–Crippen MR) is 198 cm³/mol. The van der Waals surface area contributed by atoms with Gasteiger partial charge in [-0.3, -0.25) is 0 Å². The summed E-state index contributed by atoms with van der Waals surface area (Å²) in [6, 6.07) is 35.7. The molecular weight excluding hydrogens is 603 g/mol. The van der Waals surface area contributed by atoms with E-state index in [9.17, 15) is 0 Å². The lowest BCUT2D eigenvalue weighted by atomic mass is 9.84. The van der Waals surface area contributed by atoms with Crippen LogP contribution >= 0.6 is 0 Å². The maximum absolute atomic E-state index is 6.15. The van der Waals surface area contributed by atoms with Crippen molar-refractivity contribution in [3.8, 4) is 11.5 Å². The van der Waals surface area contributed by atoms with E-state index >= 15 is 0 Å². The van der Waals surface area contributed by atoms with Gasteiger partial charge in [-0.2, -0.15) is 0 Å². The molecule has 0 bridgehead atoms. The molecule has 2 aromatic heterocycles. The maximum Gasteiger partial charge on any atom is 0.227 e. The number of hydrogen-bond acceptors (Lipinski definition) is 5. The third kappa shape index (κ3) is 5.86. The minimum Gasteiger partial charge on any atom is -0.440 e. The summed E-state index contributed by atoms with van der Waals surface area (Å²) in [5.41, 5.74) is 12.6. The highest BCUT2D eigenvalue weighted by Gasteiger charge is 2.28. The maximum atomic E-state index is 6.15. The van der Waals surface area contributed by atoms with Crippen molar-refractivity contribution in [3.05, 3.63) is 168 Å². The molecule has 0 N–H and O–H groups in total. The molecule has 2 atom stereocenters. The zero-order chi connectivity index (χ0) is 32.6. The van der Waals surface area contributed by atoms with Gasteiger partial charge in [-0.25, -0.2) is 9.97 Å². The minimum absolute atomic E-state index is 0.115. The van der Waals surface area contributed by atoms with Crippen LogP contribution in [0.1, 0.15) is 55.9 Å². The average molecular weight is 640 g/mol. The summed E-state index contributed by atoms with van der Waals surface area (Å²) in [7, 11) is 0. The topological polar surface area (TPSA) is 55.3 Å². The molecule has 49 heavy (non-hydrogen) atoms. The highest BCUT2D eigenvalue weighted by atomic mass is 16.4. The van der Waals surface area contributed by atoms with E-state index in [0.29, 0.717) is 11.9 Å². The molecule has 9 rings (SSSR count). The first-order valence-corrected chi connectivity index (χ1v) is 17.4. The van der Waals surface area contributed by atoms with Crippen LogP contribution in [0.5, 0.6) is 0 Å². The zero-order valence-electron chi connectivity index (χ0n) is 27.3. The molecule has 0 aliphatic heterocycles. The van der Waals surface area contributed by atoms with Crippen LogP contribution in [0.4, 0.5) is 5.69 Å². The molecular formula is C44H37N3O2. The second-order valence-corrected chi connectivity index (χ2v) is 13.2. The lowest BCUT2D eigenvalue weighted by molar-refractivity contribution is 0.502. The Labute approximate surface area is 286 Å². The van der Waals surface area contributed by atoms with Gasteiger partial charge in [-0.1, -0.05) is 85.0 Å². The van der Waals surface area contributed by atoms with Crippen LogP contribution in [0.2, 0.25) is 0 Å². The van der Waals surface area contributed by atoms with Crippen molar-refractivity contribution in [2.75, 3.05) is 4.90 Å². The summed E-state index contributed by atoms with van der Waals surface area (Å²) in [6.45, 7) is 0. The van der Waals surface area contributed by atoms with Gasteiger partial charge in [0, 0.05) is 23.0 Å². The van der Waals surface area contributed by atoms with Gasteiger partial charge in [0.05, 0.1) is 5.92 Å². The molecule has 6 aromatic rings. The fraction of sp³-hybridized carbons (Fsp3) is 0.182. The largest absolute Gasteiger partial charge is 0.440 e. The summed E-state index contributed by atoms with van der Waals surface area (Å²) in [4.78, 5) is 12.1. The Morgan fingerprint density at radius 2 is 1.31 bits per heavy atom. The summed E-state index contributed by atoms with van der Waals surface area (Å²) in [5, 5.41) is 0. The second kappa shape index (κ2) is 12.7. The van der Waals surface area contributed by atoms with Crippen molar-refractivity contribution in [1.29, 1.82) is 0 Å². The molecule has 5 nitrogen and oxygen atoms in total. The van der Waals surface area contributed by atoms with Crippen molar-refractivity contribution in [1.82, 2.24) is 9.97 Å². The van der Waals surface area contributed by atoms with Gasteiger partial charge in [-0.05, 0) is 115 Å². The van der Waals surface area contributed by atoms with Crippen LogP contribution in [0.25, 0.3) is 39.2 Å². The van der Waals surface area contributed by atoms with E-state index in [1.54, 1.807) is 0 Å². The van der Waals surface area contributed by atoms with Gasteiger partial charge in [0.2, 0.25) is 11.8 Å². The Hall–Kier alpha value is -5.68. The number of fused-ring (bicyclic) bond motifs is 2. The summed E-state index contributed by atoms with van der Waals surface area (Å²) in [6.07, 6.45) is 20.2. The van der Waals surface area contributed by atoms with Crippen molar-refractivity contribution in [2.45, 2.75) is 50.5 Å². The van der Waals surface area contributed by atoms with E-state index in [-0.39, 0.29) is 5.92 Å². The van der Waals surface area contributed by atoms with E-state index in [1.807, 2.05) is 48.5 Å². The normalized spacial score (nSPS) is 19.3. The van der Waals surface area contributed by atoms with E-state index in [4.69, 9.17) is 18.8 Å². The number of allylic oxidation sites excluding steroid dienone is 8. The average Bonchev–Trinajstić information content (AvgIpc) is 3.82. The first-order valence-electron chi connectivity index (χ1n) is 17.4. The SMILES string of the molecule is C1=CC(c2nc3ccccc3o2)CC=C1N(c1ccc(-c2nc3ccccc3o2)cc1)C1CC=C(C2=CC=C(c3ccccc3)CC2)CC1. The molecule has 4 aromatic carbocycles. The van der Waals surface area contributed by atoms with Crippen molar-refractivity contribution < 1.29 is 8.83 Å². The first kappa shape index (κ1) is 29.5. The quantitative estimate of drug-likeness (QED) is 0.174. The lowest BCUT2D eigenvalue weighted by Crippen LogP contribution is -2.36. The smallest absolute Gasteiger partial charge is 0.227 e. The van der Waals surface area contributed by atoms with E-state index in [2.05, 4.69) is 96.0 Å². The van der Waals surface area contributed by atoms with Gasteiger partial charge in [0.15, 0.2) is 11.2 Å². The molecule has 2 heterocycles. The Kier molecular flexibility index (Phi) is 7.66. The van der Waals surface area contributed by atoms with Gasteiger partial charge in [0.1, 0.15) is 11.0 Å². The number of para-hydroxylation sites is 4. The molecule has 0 spiro atoms. The van der Waals surface area contributed by atoms with Gasteiger partial charge < -0.3 is 13.7 Å². The molecule has 0 radical (unpaired) electrons. The second-order valence-electron chi connectivity index (χ2n) is 13.2. The van der Waals surface area contributed by atoms with Gasteiger partial charge in [0.25, 0.3) is 0 Å². The van der Waals surface area contributed by atoms with Gasteiger partial charge in [-0.15, -0.1) is 0 Å². The van der Waals surface area contributed by atoms with E-state index in [1.165, 1.54) is 33.7 Å². The fourth-order valence-electron chi connectivity index (χ4n) is 7.49. The van der Waals surface area contributed by atoms with Gasteiger partial charge >= 0.3 is 0 Å². The molecule has 0 saturated carbocycles. The third-order valence-corrected chi connectivity index (χ3v) is 10.1. The molecule has 240 valence electrons. The minimum atomic E-state index is 0.115. The molecule has 2 unspecified atom stereocenters. The molecule has 3 aliphatic carbocycles. The van der Waals surface area contributed by atoms with E-state index in [0.717, 1.165) is 72.2 Å². The van der Waals surface area contributed by atoms with E-state index < -0.39 is 0 Å². The predicted octanol–water partition coefficient (Wildman–Crippen LogP) is 11.4. The Morgan fingerprint density at radius 3 is 1.98 bits per heavy atom. The van der Waals surface area contributed by atoms with Crippen LogP contribution < -0.4 is 4.90 Å². The Morgan fingerprint density at radius 1 is 0.592 bits per heavy atom. The molecule has 0 saturated heterocycles. The molecule has 0 fully saturated rings. The molecule has 5 heteroatoms. The van der Waals surface area contributed by atoms with Crippen LogP contribution in [-0.4, -0.2) is 16.0 Å². The third-order valence-electron chi connectivity index (χ3n) is 10.1. The lowest BCUT2D eigenvalue weighted by Gasteiger charge is -2.38. The summed E-state index contributed by atoms with van der Waals surface area (Å²) < 4.78 is 12.2. The standard InChI is InChI=1S/C44H37N3O2/c1-2-8-30(9-3-1)31-14-16-32(17-15-31)33-18-24-36(25-19-33)47(37-26-20-34(21-27-37)43-45-39-10-4-6-12-41(39)48-43)38-28-22-35(23-29-38)44-46-40-11-5-7-13-42(40)49-44/h1-14,16,18,20-22,26-29,35-36H,15,17,19,23-25H2. The number of oxazole rings is 2. The summed E-state index contributed by atoms with van der Waals surface area (Å²) in [5.74, 6) is 1.54. The molecule has 3 aliphatic rings. The first-order chi connectivity index (χ1) is 24.2. The highest BCUT2D eigenvalue weighted by Crippen LogP contribution is 2.39. The zero-order valence-corrected chi connectivity index (χ0v) is 27.3. The number of anilines is 1. The van der Waals surface area contributed by atoms with Crippen LogP contribution in [0.3, 0.4) is 0 Å². The van der Waals surface area contributed by atoms with Crippen molar-refractivity contribution in [2.24, 2.45) is 0 Å². The number of rotatable bonds is 7. The molecule has 0 amide bonds. The Bertz CT molecular complexity index is 2230. The van der Waals surface area contributed by atoms with Crippen LogP contribution in [0.15, 0.2) is 165 Å². The number of hydrogen-bond donors (Lipinski definition) is 0. The van der Waals surface area contributed by atoms with Crippen molar-refractivity contribution in [3.63, 3.8) is 0 Å². The number of nitrogens with zero attached hydrogens (tertiary/aromatic N) is 3. The van der Waals surface area contributed by atoms with Crippen LogP contribution in [-0.2, 0) is 0 Å². The highest BCUT2D eigenvalue weighted by molar-refractivity contribution is 5.77. The number of aromatic nitrogens is 2. The number of benzene rings is 4. The summed E-state index contributed by atoms with van der Waals surface area (Å²) >= 11 is 0.